The third-order valence-electron chi connectivity index (χ3n) is 4.44. The quantitative estimate of drug-likeness (QED) is 0.626. The van der Waals surface area contributed by atoms with Crippen molar-refractivity contribution in [2.45, 2.75) is 59.3 Å². The minimum atomic E-state index is 0.828. The highest BCUT2D eigenvalue weighted by Crippen LogP contribution is 2.36. The molecule has 0 bridgehead atoms. The van der Waals surface area contributed by atoms with Crippen LogP contribution in [0.25, 0.3) is 0 Å². The second kappa shape index (κ2) is 4.61. The van der Waals surface area contributed by atoms with Crippen LogP contribution in [0.1, 0.15) is 60.8 Å². The topological polar surface area (TPSA) is 0 Å². The van der Waals surface area contributed by atoms with E-state index in [2.05, 4.69) is 39.8 Å². The van der Waals surface area contributed by atoms with Crippen LogP contribution < -0.4 is 0 Å². The highest BCUT2D eigenvalue weighted by Gasteiger charge is 2.20. The first-order valence-electron chi connectivity index (χ1n) is 6.65. The molecule has 1 saturated carbocycles. The lowest BCUT2D eigenvalue weighted by Crippen LogP contribution is -2.11. The van der Waals surface area contributed by atoms with Crippen LogP contribution in [-0.4, -0.2) is 0 Å². The third kappa shape index (κ3) is 2.31. The molecule has 0 N–H and O–H groups in total. The third-order valence-corrected chi connectivity index (χ3v) is 4.44. The molecule has 1 aromatic carbocycles. The highest BCUT2D eigenvalue weighted by atomic mass is 14.2. The van der Waals surface area contributed by atoms with Crippen molar-refractivity contribution in [1.82, 2.24) is 0 Å². The first-order chi connectivity index (χ1) is 7.58. The normalized spacial score (nSPS) is 25.8. The SMILES string of the molecule is Cc1cc(C2CCC(C)CC2)cc(C)c1C. The molecule has 0 heterocycles. The van der Waals surface area contributed by atoms with Gasteiger partial charge in [0.25, 0.3) is 0 Å². The van der Waals surface area contributed by atoms with E-state index in [9.17, 15) is 0 Å². The number of hydrogen-bond acceptors (Lipinski definition) is 0. The maximum atomic E-state index is 2.42. The zero-order valence-corrected chi connectivity index (χ0v) is 11.1. The van der Waals surface area contributed by atoms with Crippen LogP contribution in [0.15, 0.2) is 12.1 Å². The molecule has 1 aliphatic rings. The van der Waals surface area contributed by atoms with Gasteiger partial charge in [-0.15, -0.1) is 0 Å². The Bertz CT molecular complexity index is 345. The second-order valence-corrected chi connectivity index (χ2v) is 5.74. The van der Waals surface area contributed by atoms with E-state index in [-0.39, 0.29) is 0 Å². The van der Waals surface area contributed by atoms with Crippen LogP contribution in [-0.2, 0) is 0 Å². The number of aryl methyl sites for hydroxylation is 2. The van der Waals surface area contributed by atoms with Gasteiger partial charge in [-0.05, 0) is 67.7 Å². The lowest BCUT2D eigenvalue weighted by atomic mass is 9.78. The van der Waals surface area contributed by atoms with Gasteiger partial charge < -0.3 is 0 Å². The average molecular weight is 216 g/mol. The lowest BCUT2D eigenvalue weighted by Gasteiger charge is -2.27. The monoisotopic (exact) mass is 216 g/mol. The number of hydrogen-bond donors (Lipinski definition) is 0. The largest absolute Gasteiger partial charge is 0.0625 e. The molecule has 0 aromatic heterocycles. The van der Waals surface area contributed by atoms with Crippen LogP contribution in [0, 0.1) is 26.7 Å². The predicted molar refractivity (Wildman–Crippen MR) is 71.0 cm³/mol. The van der Waals surface area contributed by atoms with Crippen LogP contribution in [0.3, 0.4) is 0 Å². The minimum Gasteiger partial charge on any atom is -0.0625 e. The standard InChI is InChI=1S/C16H24/c1-11-5-7-15(8-6-11)16-9-12(2)14(4)13(3)10-16/h9-11,15H,5-8H2,1-4H3. The van der Waals surface area contributed by atoms with Gasteiger partial charge in [0.2, 0.25) is 0 Å². The molecule has 0 amide bonds. The fraction of sp³-hybridized carbons (Fsp3) is 0.625. The van der Waals surface area contributed by atoms with Crippen molar-refractivity contribution in [3.63, 3.8) is 0 Å². The maximum Gasteiger partial charge on any atom is -0.0162 e. The molecule has 16 heavy (non-hydrogen) atoms. The fourth-order valence-electron chi connectivity index (χ4n) is 2.90. The summed E-state index contributed by atoms with van der Waals surface area (Å²) in [4.78, 5) is 0. The summed E-state index contributed by atoms with van der Waals surface area (Å²) in [6, 6.07) is 4.84. The zero-order chi connectivity index (χ0) is 11.7. The van der Waals surface area contributed by atoms with Gasteiger partial charge in [-0.2, -0.15) is 0 Å². The van der Waals surface area contributed by atoms with Gasteiger partial charge in [0, 0.05) is 0 Å². The van der Waals surface area contributed by atoms with E-state index >= 15 is 0 Å². The summed E-state index contributed by atoms with van der Waals surface area (Å²) in [7, 11) is 0. The Hall–Kier alpha value is -0.780. The van der Waals surface area contributed by atoms with Gasteiger partial charge in [0.1, 0.15) is 0 Å². The van der Waals surface area contributed by atoms with E-state index in [1.54, 1.807) is 5.56 Å². The summed E-state index contributed by atoms with van der Waals surface area (Å²) in [5, 5.41) is 0. The van der Waals surface area contributed by atoms with Crippen molar-refractivity contribution in [2.75, 3.05) is 0 Å². The van der Waals surface area contributed by atoms with Gasteiger partial charge in [-0.25, -0.2) is 0 Å². The molecule has 2 rings (SSSR count). The van der Waals surface area contributed by atoms with E-state index in [1.807, 2.05) is 0 Å². The molecule has 0 aliphatic heterocycles. The van der Waals surface area contributed by atoms with Crippen molar-refractivity contribution < 1.29 is 0 Å². The molecule has 0 radical (unpaired) electrons. The highest BCUT2D eigenvalue weighted by molar-refractivity contribution is 5.38. The van der Waals surface area contributed by atoms with Gasteiger partial charge in [-0.1, -0.05) is 31.9 Å². The van der Waals surface area contributed by atoms with E-state index in [4.69, 9.17) is 0 Å². The molecule has 1 aliphatic carbocycles. The first kappa shape index (κ1) is 11.7. The molecule has 1 fully saturated rings. The molecule has 0 nitrogen and oxygen atoms in total. The van der Waals surface area contributed by atoms with Crippen molar-refractivity contribution in [3.8, 4) is 0 Å². The van der Waals surface area contributed by atoms with E-state index in [0.29, 0.717) is 0 Å². The van der Waals surface area contributed by atoms with E-state index < -0.39 is 0 Å². The van der Waals surface area contributed by atoms with Crippen molar-refractivity contribution in [2.24, 2.45) is 5.92 Å². The van der Waals surface area contributed by atoms with Gasteiger partial charge in [0.15, 0.2) is 0 Å². The summed E-state index contributed by atoms with van der Waals surface area (Å²) < 4.78 is 0. The predicted octanol–water partition coefficient (Wildman–Crippen LogP) is 4.91. The van der Waals surface area contributed by atoms with Gasteiger partial charge >= 0.3 is 0 Å². The Labute approximate surface area is 100 Å². The van der Waals surface area contributed by atoms with Crippen molar-refractivity contribution in [1.29, 1.82) is 0 Å². The summed E-state index contributed by atoms with van der Waals surface area (Å²) in [6.45, 7) is 9.12. The van der Waals surface area contributed by atoms with Crippen molar-refractivity contribution in [3.05, 3.63) is 34.4 Å². The van der Waals surface area contributed by atoms with Crippen LogP contribution in [0.2, 0.25) is 0 Å². The number of rotatable bonds is 1. The zero-order valence-electron chi connectivity index (χ0n) is 11.1. The van der Waals surface area contributed by atoms with E-state index in [0.717, 1.165) is 11.8 Å². The molecule has 1 aromatic rings. The molecule has 0 saturated heterocycles. The van der Waals surface area contributed by atoms with Crippen LogP contribution in [0.4, 0.5) is 0 Å². The maximum absolute atomic E-state index is 2.42. The smallest absolute Gasteiger partial charge is 0.0162 e. The summed E-state index contributed by atoms with van der Waals surface area (Å²) in [5.41, 5.74) is 5.99. The Morgan fingerprint density at radius 3 is 1.88 bits per heavy atom. The van der Waals surface area contributed by atoms with Crippen LogP contribution in [0.5, 0.6) is 0 Å². The lowest BCUT2D eigenvalue weighted by molar-refractivity contribution is 0.348. The molecule has 0 spiro atoms. The Morgan fingerprint density at radius 2 is 1.38 bits per heavy atom. The van der Waals surface area contributed by atoms with Crippen LogP contribution >= 0.6 is 0 Å². The molecular formula is C16H24. The first-order valence-corrected chi connectivity index (χ1v) is 6.65. The van der Waals surface area contributed by atoms with Gasteiger partial charge in [0.05, 0.1) is 0 Å². The number of benzene rings is 1. The van der Waals surface area contributed by atoms with E-state index in [1.165, 1.54) is 42.4 Å². The Kier molecular flexibility index (Phi) is 3.37. The molecule has 0 atom stereocenters. The summed E-state index contributed by atoms with van der Waals surface area (Å²) in [5.74, 6) is 1.78. The summed E-state index contributed by atoms with van der Waals surface area (Å²) >= 11 is 0. The fourth-order valence-corrected chi connectivity index (χ4v) is 2.90. The molecular weight excluding hydrogens is 192 g/mol. The summed E-state index contributed by atoms with van der Waals surface area (Å²) in [6.07, 6.45) is 5.61. The Balaban J connectivity index is 2.21. The molecule has 0 unspecified atom stereocenters. The Morgan fingerprint density at radius 1 is 0.875 bits per heavy atom. The molecule has 88 valence electrons. The van der Waals surface area contributed by atoms with Crippen molar-refractivity contribution >= 4 is 0 Å². The second-order valence-electron chi connectivity index (χ2n) is 5.74. The average Bonchev–Trinajstić information content (AvgIpc) is 2.26. The molecule has 0 heteroatoms. The minimum absolute atomic E-state index is 0.828. The van der Waals surface area contributed by atoms with Gasteiger partial charge in [-0.3, -0.25) is 0 Å².